The number of nitrogens with one attached hydrogen (secondary N) is 1. The Kier molecular flexibility index (Phi) is 4.58. The number of hydrogen-bond acceptors (Lipinski definition) is 4. The third-order valence-electron chi connectivity index (χ3n) is 3.00. The molecule has 2 aromatic rings. The van der Waals surface area contributed by atoms with E-state index in [0.717, 1.165) is 13.0 Å². The average Bonchev–Trinajstić information content (AvgIpc) is 2.43. The van der Waals surface area contributed by atoms with Gasteiger partial charge in [0.15, 0.2) is 0 Å². The molecule has 19 heavy (non-hydrogen) atoms. The van der Waals surface area contributed by atoms with E-state index < -0.39 is 0 Å². The Hall–Kier alpha value is -1.81. The molecule has 0 bridgehead atoms. The first-order valence-corrected chi connectivity index (χ1v) is 6.61. The van der Waals surface area contributed by atoms with E-state index in [1.54, 1.807) is 0 Å². The monoisotopic (exact) mass is 276 g/mol. The summed E-state index contributed by atoms with van der Waals surface area (Å²) in [6, 6.07) is 10.4. The lowest BCUT2D eigenvalue weighted by atomic mass is 9.98. The Bertz CT molecular complexity index is 530. The number of aromatic nitrogens is 2. The molecule has 100 valence electrons. The fourth-order valence-corrected chi connectivity index (χ4v) is 2.02. The normalized spacial score (nSPS) is 12.1. The molecule has 1 aromatic heterocycles. The largest absolute Gasteiger partial charge is 0.369 e. The standard InChI is InChI=1S/C14H17ClN4/c1-10(11-5-3-2-4-6-11)7-8-17-13-12(15)9-18-14(16)19-13/h2-6,9-10H,7-8H2,1H3,(H3,16,17,18,19). The van der Waals surface area contributed by atoms with Crippen molar-refractivity contribution in [2.75, 3.05) is 17.6 Å². The Balaban J connectivity index is 1.88. The maximum atomic E-state index is 5.99. The van der Waals surface area contributed by atoms with Crippen LogP contribution in [0, 0.1) is 0 Å². The molecule has 0 aliphatic carbocycles. The minimum atomic E-state index is 0.225. The van der Waals surface area contributed by atoms with Crippen molar-refractivity contribution in [1.82, 2.24) is 9.97 Å². The quantitative estimate of drug-likeness (QED) is 0.879. The number of rotatable bonds is 5. The first kappa shape index (κ1) is 13.6. The highest BCUT2D eigenvalue weighted by atomic mass is 35.5. The van der Waals surface area contributed by atoms with E-state index in [1.165, 1.54) is 11.8 Å². The zero-order chi connectivity index (χ0) is 13.7. The first-order chi connectivity index (χ1) is 9.16. The van der Waals surface area contributed by atoms with Gasteiger partial charge in [-0.1, -0.05) is 48.9 Å². The number of benzene rings is 1. The van der Waals surface area contributed by atoms with E-state index in [9.17, 15) is 0 Å². The highest BCUT2D eigenvalue weighted by Crippen LogP contribution is 2.21. The number of nitrogens with two attached hydrogens (primary N) is 1. The summed E-state index contributed by atoms with van der Waals surface area (Å²) >= 11 is 5.99. The van der Waals surface area contributed by atoms with Crippen molar-refractivity contribution < 1.29 is 0 Å². The molecule has 4 nitrogen and oxygen atoms in total. The van der Waals surface area contributed by atoms with Crippen molar-refractivity contribution in [3.63, 3.8) is 0 Å². The number of hydrogen-bond donors (Lipinski definition) is 2. The van der Waals surface area contributed by atoms with Gasteiger partial charge in [-0.15, -0.1) is 0 Å². The van der Waals surface area contributed by atoms with E-state index in [2.05, 4.69) is 46.5 Å². The van der Waals surface area contributed by atoms with E-state index in [1.807, 2.05) is 6.07 Å². The van der Waals surface area contributed by atoms with Crippen LogP contribution in [0.1, 0.15) is 24.8 Å². The molecule has 0 fully saturated rings. The second kappa shape index (κ2) is 6.38. The van der Waals surface area contributed by atoms with Gasteiger partial charge in [0.2, 0.25) is 5.95 Å². The van der Waals surface area contributed by atoms with Crippen LogP contribution in [-0.2, 0) is 0 Å². The van der Waals surface area contributed by atoms with Gasteiger partial charge in [-0.25, -0.2) is 4.98 Å². The summed E-state index contributed by atoms with van der Waals surface area (Å²) in [5, 5.41) is 3.68. The number of nitrogen functional groups attached to an aromatic ring is 1. The molecule has 0 saturated heterocycles. The lowest BCUT2D eigenvalue weighted by Gasteiger charge is -2.13. The van der Waals surface area contributed by atoms with Crippen molar-refractivity contribution in [2.45, 2.75) is 19.3 Å². The van der Waals surface area contributed by atoms with Crippen LogP contribution in [0.15, 0.2) is 36.5 Å². The average molecular weight is 277 g/mol. The SMILES string of the molecule is CC(CCNc1nc(N)ncc1Cl)c1ccccc1. The second-order valence-corrected chi connectivity index (χ2v) is 4.86. The first-order valence-electron chi connectivity index (χ1n) is 6.23. The Morgan fingerprint density at radius 3 is 2.79 bits per heavy atom. The van der Waals surface area contributed by atoms with E-state index in [0.29, 0.717) is 16.8 Å². The van der Waals surface area contributed by atoms with Gasteiger partial charge >= 0.3 is 0 Å². The fraction of sp³-hybridized carbons (Fsp3) is 0.286. The van der Waals surface area contributed by atoms with Gasteiger partial charge in [0.05, 0.1) is 6.20 Å². The van der Waals surface area contributed by atoms with Crippen molar-refractivity contribution in [1.29, 1.82) is 0 Å². The second-order valence-electron chi connectivity index (χ2n) is 4.45. The van der Waals surface area contributed by atoms with E-state index >= 15 is 0 Å². The lowest BCUT2D eigenvalue weighted by Crippen LogP contribution is -2.09. The van der Waals surface area contributed by atoms with Crippen molar-refractivity contribution in [2.24, 2.45) is 0 Å². The van der Waals surface area contributed by atoms with Gasteiger partial charge in [0.25, 0.3) is 0 Å². The molecule has 2 rings (SSSR count). The summed E-state index contributed by atoms with van der Waals surface area (Å²) in [6.45, 7) is 2.99. The van der Waals surface area contributed by atoms with Crippen molar-refractivity contribution in [3.05, 3.63) is 47.1 Å². The van der Waals surface area contributed by atoms with Gasteiger partial charge in [0.1, 0.15) is 10.8 Å². The maximum absolute atomic E-state index is 5.99. The molecule has 1 unspecified atom stereocenters. The van der Waals surface area contributed by atoms with Crippen molar-refractivity contribution in [3.8, 4) is 0 Å². The molecule has 0 radical (unpaired) electrons. The molecule has 1 heterocycles. The molecule has 0 aliphatic heterocycles. The predicted octanol–water partition coefficient (Wildman–Crippen LogP) is 3.32. The summed E-state index contributed by atoms with van der Waals surface area (Å²) in [5.74, 6) is 1.30. The zero-order valence-electron chi connectivity index (χ0n) is 10.8. The minimum absolute atomic E-state index is 0.225. The van der Waals surface area contributed by atoms with Crippen LogP contribution in [0.25, 0.3) is 0 Å². The van der Waals surface area contributed by atoms with Crippen LogP contribution in [-0.4, -0.2) is 16.5 Å². The molecular formula is C14H17ClN4. The van der Waals surface area contributed by atoms with Crippen LogP contribution < -0.4 is 11.1 Å². The van der Waals surface area contributed by atoms with Crippen LogP contribution in [0.4, 0.5) is 11.8 Å². The molecule has 1 aromatic carbocycles. The van der Waals surface area contributed by atoms with Crippen LogP contribution in [0.3, 0.4) is 0 Å². The van der Waals surface area contributed by atoms with E-state index in [4.69, 9.17) is 17.3 Å². The summed E-state index contributed by atoms with van der Waals surface area (Å²) in [5.41, 5.74) is 6.86. The third-order valence-corrected chi connectivity index (χ3v) is 3.28. The molecule has 5 heteroatoms. The summed E-state index contributed by atoms with van der Waals surface area (Å²) in [7, 11) is 0. The maximum Gasteiger partial charge on any atom is 0.222 e. The summed E-state index contributed by atoms with van der Waals surface area (Å²) in [6.07, 6.45) is 2.50. The molecule has 0 spiro atoms. The highest BCUT2D eigenvalue weighted by molar-refractivity contribution is 6.32. The van der Waals surface area contributed by atoms with Gasteiger partial charge in [-0.3, -0.25) is 0 Å². The number of nitrogens with zero attached hydrogens (tertiary/aromatic N) is 2. The molecular weight excluding hydrogens is 260 g/mol. The van der Waals surface area contributed by atoms with Gasteiger partial charge in [0, 0.05) is 6.54 Å². The zero-order valence-corrected chi connectivity index (χ0v) is 11.6. The molecule has 1 atom stereocenters. The summed E-state index contributed by atoms with van der Waals surface area (Å²) in [4.78, 5) is 7.89. The Morgan fingerprint density at radius 2 is 2.05 bits per heavy atom. The topological polar surface area (TPSA) is 63.8 Å². The molecule has 0 saturated carbocycles. The van der Waals surface area contributed by atoms with Gasteiger partial charge in [-0.2, -0.15) is 4.98 Å². The minimum Gasteiger partial charge on any atom is -0.369 e. The molecule has 0 amide bonds. The highest BCUT2D eigenvalue weighted by Gasteiger charge is 2.06. The van der Waals surface area contributed by atoms with Gasteiger partial charge in [-0.05, 0) is 17.9 Å². The van der Waals surface area contributed by atoms with Crippen LogP contribution in [0.5, 0.6) is 0 Å². The lowest BCUT2D eigenvalue weighted by molar-refractivity contribution is 0.705. The molecule has 0 aliphatic rings. The van der Waals surface area contributed by atoms with Crippen LogP contribution >= 0.6 is 11.6 Å². The predicted molar refractivity (Wildman–Crippen MR) is 79.4 cm³/mol. The van der Waals surface area contributed by atoms with E-state index in [-0.39, 0.29) is 5.95 Å². The Morgan fingerprint density at radius 1 is 1.32 bits per heavy atom. The van der Waals surface area contributed by atoms with Crippen LogP contribution in [0.2, 0.25) is 5.02 Å². The van der Waals surface area contributed by atoms with Crippen molar-refractivity contribution >= 4 is 23.4 Å². The third kappa shape index (κ3) is 3.83. The molecule has 3 N–H and O–H groups in total. The fourth-order valence-electron chi connectivity index (χ4n) is 1.86. The smallest absolute Gasteiger partial charge is 0.222 e. The number of anilines is 2. The van der Waals surface area contributed by atoms with Gasteiger partial charge < -0.3 is 11.1 Å². The number of halogens is 1. The Labute approximate surface area is 118 Å². The summed E-state index contributed by atoms with van der Waals surface area (Å²) < 4.78 is 0.